The summed E-state index contributed by atoms with van der Waals surface area (Å²) in [5.41, 5.74) is 2.49. The minimum Gasteiger partial charge on any atom is -0.495 e. The van der Waals surface area contributed by atoms with Crippen LogP contribution in [0.5, 0.6) is 5.75 Å². The molecule has 0 unspecified atom stereocenters. The van der Waals surface area contributed by atoms with E-state index in [1.54, 1.807) is 7.11 Å². The Morgan fingerprint density at radius 1 is 1.14 bits per heavy atom. The van der Waals surface area contributed by atoms with Crippen molar-refractivity contribution in [2.75, 3.05) is 25.2 Å². The number of nitrogens with zero attached hydrogens (tertiary/aromatic N) is 2. The molecule has 114 valence electrons. The van der Waals surface area contributed by atoms with Gasteiger partial charge in [-0.1, -0.05) is 30.3 Å². The highest BCUT2D eigenvalue weighted by Crippen LogP contribution is 2.30. The van der Waals surface area contributed by atoms with Gasteiger partial charge < -0.3 is 14.5 Å². The zero-order valence-electron chi connectivity index (χ0n) is 12.6. The van der Waals surface area contributed by atoms with E-state index in [2.05, 4.69) is 80.5 Å². The molecule has 2 aromatic rings. The van der Waals surface area contributed by atoms with Crippen molar-refractivity contribution in [1.29, 1.82) is 0 Å². The molecule has 0 fully saturated rings. The van der Waals surface area contributed by atoms with Crippen molar-refractivity contribution < 1.29 is 4.74 Å². The Kier molecular flexibility index (Phi) is 4.68. The topological polar surface area (TPSA) is 15.7 Å². The molecule has 0 N–H and O–H groups in total. The molecule has 0 saturated carbocycles. The normalized spacial score (nSPS) is 14.3. The van der Waals surface area contributed by atoms with Gasteiger partial charge in [-0.25, -0.2) is 0 Å². The molecule has 0 atom stereocenters. The van der Waals surface area contributed by atoms with Gasteiger partial charge in [-0.15, -0.1) is 0 Å². The second-order valence-corrected chi connectivity index (χ2v) is 6.15. The molecule has 3 nitrogen and oxygen atoms in total. The van der Waals surface area contributed by atoms with Crippen molar-refractivity contribution in [3.8, 4) is 5.75 Å². The number of benzene rings is 2. The number of ether oxygens (including phenoxy) is 1. The third kappa shape index (κ3) is 3.45. The zero-order chi connectivity index (χ0) is 15.4. The van der Waals surface area contributed by atoms with Crippen LogP contribution in [-0.2, 0) is 6.54 Å². The van der Waals surface area contributed by atoms with Gasteiger partial charge in [0.05, 0.1) is 18.3 Å². The van der Waals surface area contributed by atoms with Gasteiger partial charge in [-0.2, -0.15) is 0 Å². The molecular weight excluding hydrogens is 340 g/mol. The van der Waals surface area contributed by atoms with E-state index in [0.717, 1.165) is 30.0 Å². The Labute approximate surface area is 139 Å². The van der Waals surface area contributed by atoms with Gasteiger partial charge in [0.15, 0.2) is 0 Å². The number of rotatable bonds is 4. The smallest absolute Gasteiger partial charge is 0.135 e. The van der Waals surface area contributed by atoms with E-state index in [4.69, 9.17) is 4.74 Å². The first-order valence-electron chi connectivity index (χ1n) is 7.29. The van der Waals surface area contributed by atoms with E-state index < -0.39 is 0 Å². The van der Waals surface area contributed by atoms with Crippen LogP contribution in [0.2, 0.25) is 0 Å². The first-order chi connectivity index (χ1) is 10.8. The summed E-state index contributed by atoms with van der Waals surface area (Å²) >= 11 is 3.50. The molecule has 0 radical (unpaired) electrons. The summed E-state index contributed by atoms with van der Waals surface area (Å²) in [5, 5.41) is 0. The third-order valence-corrected chi connectivity index (χ3v) is 4.38. The van der Waals surface area contributed by atoms with Crippen molar-refractivity contribution in [3.05, 3.63) is 70.8 Å². The predicted octanol–water partition coefficient (Wildman–Crippen LogP) is 4.25. The lowest BCUT2D eigenvalue weighted by molar-refractivity contribution is 0.355. The summed E-state index contributed by atoms with van der Waals surface area (Å²) in [6, 6.07) is 16.8. The van der Waals surface area contributed by atoms with E-state index in [-0.39, 0.29) is 0 Å². The molecule has 3 rings (SSSR count). The van der Waals surface area contributed by atoms with E-state index in [1.165, 1.54) is 11.3 Å². The summed E-state index contributed by atoms with van der Waals surface area (Å²) in [7, 11) is 1.70. The van der Waals surface area contributed by atoms with Gasteiger partial charge in [0.1, 0.15) is 5.75 Å². The molecular formula is C18H19BrN2O. The molecule has 0 bridgehead atoms. The molecule has 0 aliphatic carbocycles. The van der Waals surface area contributed by atoms with Crippen LogP contribution in [0.3, 0.4) is 0 Å². The Hall–Kier alpha value is -1.94. The first-order valence-corrected chi connectivity index (χ1v) is 8.08. The van der Waals surface area contributed by atoms with E-state index in [9.17, 15) is 0 Å². The molecule has 1 heterocycles. The monoisotopic (exact) mass is 358 g/mol. The highest BCUT2D eigenvalue weighted by atomic mass is 79.9. The molecule has 0 saturated heterocycles. The largest absolute Gasteiger partial charge is 0.495 e. The lowest BCUT2D eigenvalue weighted by Crippen LogP contribution is -2.38. The molecule has 0 aromatic heterocycles. The average molecular weight is 359 g/mol. The van der Waals surface area contributed by atoms with Gasteiger partial charge >= 0.3 is 0 Å². The highest BCUT2D eigenvalue weighted by molar-refractivity contribution is 9.10. The van der Waals surface area contributed by atoms with Gasteiger partial charge in [0.2, 0.25) is 0 Å². The van der Waals surface area contributed by atoms with E-state index in [1.807, 2.05) is 6.07 Å². The van der Waals surface area contributed by atoms with Crippen LogP contribution in [-0.4, -0.2) is 25.2 Å². The third-order valence-electron chi connectivity index (χ3n) is 3.72. The van der Waals surface area contributed by atoms with Gasteiger partial charge in [-0.3, -0.25) is 0 Å². The Morgan fingerprint density at radius 2 is 1.95 bits per heavy atom. The second kappa shape index (κ2) is 6.88. The van der Waals surface area contributed by atoms with Crippen LogP contribution in [0.4, 0.5) is 5.69 Å². The molecule has 0 spiro atoms. The fourth-order valence-electron chi connectivity index (χ4n) is 2.60. The molecule has 22 heavy (non-hydrogen) atoms. The molecule has 2 aromatic carbocycles. The summed E-state index contributed by atoms with van der Waals surface area (Å²) in [6.45, 7) is 2.70. The second-order valence-electron chi connectivity index (χ2n) is 5.30. The SMILES string of the molecule is COc1cc(N2CC=CN(Cc3ccccc3)C2)ccc1Br. The summed E-state index contributed by atoms with van der Waals surface area (Å²) in [6.07, 6.45) is 4.38. The molecule has 0 amide bonds. The number of anilines is 1. The standard InChI is InChI=1S/C18H19BrN2O/c1-22-18-12-16(8-9-17(18)19)21-11-5-10-20(14-21)13-15-6-3-2-4-7-15/h2-10,12H,11,13-14H2,1H3. The van der Waals surface area contributed by atoms with Crippen molar-refractivity contribution in [2.24, 2.45) is 0 Å². The van der Waals surface area contributed by atoms with Crippen molar-refractivity contribution >= 4 is 21.6 Å². The fourth-order valence-corrected chi connectivity index (χ4v) is 3.01. The van der Waals surface area contributed by atoms with E-state index >= 15 is 0 Å². The van der Waals surface area contributed by atoms with Crippen LogP contribution in [0.1, 0.15) is 5.56 Å². The Morgan fingerprint density at radius 3 is 2.73 bits per heavy atom. The van der Waals surface area contributed by atoms with Crippen molar-refractivity contribution in [3.63, 3.8) is 0 Å². The van der Waals surface area contributed by atoms with Crippen molar-refractivity contribution in [1.82, 2.24) is 4.90 Å². The maximum absolute atomic E-state index is 5.39. The van der Waals surface area contributed by atoms with Crippen LogP contribution in [0, 0.1) is 0 Å². The number of hydrogen-bond acceptors (Lipinski definition) is 3. The highest BCUT2D eigenvalue weighted by Gasteiger charge is 2.14. The maximum atomic E-state index is 5.39. The molecule has 4 heteroatoms. The van der Waals surface area contributed by atoms with Gasteiger partial charge in [-0.05, 0) is 45.9 Å². The number of methoxy groups -OCH3 is 1. The summed E-state index contributed by atoms with van der Waals surface area (Å²) in [5.74, 6) is 0.863. The molecule has 1 aliphatic rings. The minimum absolute atomic E-state index is 0.863. The quantitative estimate of drug-likeness (QED) is 0.812. The summed E-state index contributed by atoms with van der Waals surface area (Å²) in [4.78, 5) is 4.64. The van der Waals surface area contributed by atoms with Crippen LogP contribution < -0.4 is 9.64 Å². The lowest BCUT2D eigenvalue weighted by Gasteiger charge is -2.34. The summed E-state index contributed by atoms with van der Waals surface area (Å²) < 4.78 is 6.37. The van der Waals surface area contributed by atoms with E-state index in [0.29, 0.717) is 0 Å². The minimum atomic E-state index is 0.863. The van der Waals surface area contributed by atoms with Crippen LogP contribution in [0.25, 0.3) is 0 Å². The van der Waals surface area contributed by atoms with Crippen molar-refractivity contribution in [2.45, 2.75) is 6.54 Å². The average Bonchev–Trinajstić information content (AvgIpc) is 2.56. The first kappa shape index (κ1) is 15.0. The number of hydrogen-bond donors (Lipinski definition) is 0. The van der Waals surface area contributed by atoms with Gasteiger partial charge in [0, 0.05) is 24.8 Å². The lowest BCUT2D eigenvalue weighted by atomic mass is 10.2. The zero-order valence-corrected chi connectivity index (χ0v) is 14.2. The molecule has 1 aliphatic heterocycles. The Bertz CT molecular complexity index is 657. The Balaban J connectivity index is 1.73. The van der Waals surface area contributed by atoms with Crippen LogP contribution in [0.15, 0.2) is 65.3 Å². The predicted molar refractivity (Wildman–Crippen MR) is 94.0 cm³/mol. The fraction of sp³-hybridized carbons (Fsp3) is 0.222. The van der Waals surface area contributed by atoms with Gasteiger partial charge in [0.25, 0.3) is 0 Å². The maximum Gasteiger partial charge on any atom is 0.135 e. The number of halogens is 1. The van der Waals surface area contributed by atoms with Crippen LogP contribution >= 0.6 is 15.9 Å².